The van der Waals surface area contributed by atoms with E-state index in [1.54, 1.807) is 6.92 Å². The lowest BCUT2D eigenvalue weighted by molar-refractivity contribution is 0.0988. The van der Waals surface area contributed by atoms with E-state index in [0.29, 0.717) is 32.7 Å². The first-order chi connectivity index (χ1) is 15.0. The van der Waals surface area contributed by atoms with Crippen molar-refractivity contribution >= 4 is 34.9 Å². The minimum absolute atomic E-state index is 0.00459. The van der Waals surface area contributed by atoms with Crippen molar-refractivity contribution in [2.45, 2.75) is 51.1 Å². The molecule has 3 rings (SSSR count). The van der Waals surface area contributed by atoms with Crippen molar-refractivity contribution in [3.63, 3.8) is 0 Å². The second-order valence-electron chi connectivity index (χ2n) is 8.10. The molecule has 0 aliphatic carbocycles. The van der Waals surface area contributed by atoms with Crippen LogP contribution < -0.4 is 0 Å². The number of carbonyl (C=O) groups is 2. The molecule has 9 heteroatoms. The van der Waals surface area contributed by atoms with Gasteiger partial charge in [0.1, 0.15) is 0 Å². The first-order valence-corrected chi connectivity index (χ1v) is 11.6. The van der Waals surface area contributed by atoms with E-state index >= 15 is 0 Å². The van der Waals surface area contributed by atoms with E-state index in [2.05, 4.69) is 15.2 Å². The first kappa shape index (κ1) is 24.2. The van der Waals surface area contributed by atoms with Crippen LogP contribution in [0.2, 0.25) is 5.02 Å². The summed E-state index contributed by atoms with van der Waals surface area (Å²) in [4.78, 5) is 30.4. The first-order valence-electron chi connectivity index (χ1n) is 10.3. The monoisotopic (exact) mass is 473 g/mol. The molecule has 2 atom stereocenters. The summed E-state index contributed by atoms with van der Waals surface area (Å²) in [6.07, 6.45) is 0. The maximum absolute atomic E-state index is 13.3. The Morgan fingerprint density at radius 2 is 1.75 bits per heavy atom. The van der Waals surface area contributed by atoms with Crippen molar-refractivity contribution in [3.05, 3.63) is 57.6 Å². The SMILES string of the molecule is CC(=O)c1c(C)[nH]c(C(=O)[C@H](C)Sc2nnc([C@@H](C)N(C)C)n2-c2ccc(Cl)cc2)c1C. The zero-order chi connectivity index (χ0) is 23.7. The number of aryl methyl sites for hydroxylation is 1. The van der Waals surface area contributed by atoms with Gasteiger partial charge in [-0.15, -0.1) is 10.2 Å². The normalized spacial score (nSPS) is 13.4. The van der Waals surface area contributed by atoms with E-state index < -0.39 is 5.25 Å². The summed E-state index contributed by atoms with van der Waals surface area (Å²) in [6, 6.07) is 7.46. The van der Waals surface area contributed by atoms with Gasteiger partial charge in [-0.05, 0) is 78.5 Å². The van der Waals surface area contributed by atoms with Gasteiger partial charge in [-0.1, -0.05) is 23.4 Å². The Balaban J connectivity index is 1.98. The summed E-state index contributed by atoms with van der Waals surface area (Å²) in [6.45, 7) is 9.01. The molecule has 0 radical (unpaired) electrons. The van der Waals surface area contributed by atoms with Crippen molar-refractivity contribution in [2.75, 3.05) is 14.1 Å². The Bertz CT molecular complexity index is 1150. The molecule has 0 saturated heterocycles. The lowest BCUT2D eigenvalue weighted by atomic mass is 10.0. The summed E-state index contributed by atoms with van der Waals surface area (Å²) in [5, 5.41) is 9.66. The molecule has 2 heterocycles. The topological polar surface area (TPSA) is 83.9 Å². The van der Waals surface area contributed by atoms with Gasteiger partial charge in [0.2, 0.25) is 0 Å². The summed E-state index contributed by atoms with van der Waals surface area (Å²) in [5.41, 5.74) is 3.32. The molecule has 0 aliphatic rings. The van der Waals surface area contributed by atoms with Gasteiger partial charge in [0, 0.05) is 22.0 Å². The van der Waals surface area contributed by atoms with Crippen LogP contribution in [0.4, 0.5) is 0 Å². The molecule has 0 saturated carbocycles. The molecule has 0 spiro atoms. The molecule has 0 amide bonds. The van der Waals surface area contributed by atoms with E-state index in [1.807, 2.05) is 68.6 Å². The zero-order valence-corrected chi connectivity index (χ0v) is 20.9. The number of ketones is 2. The van der Waals surface area contributed by atoms with Crippen LogP contribution in [0.1, 0.15) is 64.7 Å². The molecule has 0 unspecified atom stereocenters. The average molecular weight is 474 g/mol. The number of benzene rings is 1. The molecule has 170 valence electrons. The predicted octanol–water partition coefficient (Wildman–Crippen LogP) is 5.05. The van der Waals surface area contributed by atoms with Gasteiger partial charge in [0.25, 0.3) is 0 Å². The lowest BCUT2D eigenvalue weighted by Gasteiger charge is -2.21. The van der Waals surface area contributed by atoms with Crippen LogP contribution >= 0.6 is 23.4 Å². The summed E-state index contributed by atoms with van der Waals surface area (Å²) in [7, 11) is 3.96. The van der Waals surface area contributed by atoms with Crippen LogP contribution in [-0.4, -0.2) is 55.6 Å². The minimum atomic E-state index is -0.440. The average Bonchev–Trinajstić information content (AvgIpc) is 3.27. The third-order valence-electron chi connectivity index (χ3n) is 5.58. The van der Waals surface area contributed by atoms with Crippen LogP contribution in [0, 0.1) is 13.8 Å². The summed E-state index contributed by atoms with van der Waals surface area (Å²) >= 11 is 7.42. The van der Waals surface area contributed by atoms with Crippen molar-refractivity contribution in [2.24, 2.45) is 0 Å². The van der Waals surface area contributed by atoms with Crippen molar-refractivity contribution in [1.82, 2.24) is 24.6 Å². The molecule has 7 nitrogen and oxygen atoms in total. The Morgan fingerprint density at radius 1 is 1.12 bits per heavy atom. The zero-order valence-electron chi connectivity index (χ0n) is 19.4. The quantitative estimate of drug-likeness (QED) is 0.364. The fourth-order valence-electron chi connectivity index (χ4n) is 3.63. The molecule has 0 fully saturated rings. The highest BCUT2D eigenvalue weighted by Gasteiger charge is 2.27. The molecule has 0 aliphatic heterocycles. The van der Waals surface area contributed by atoms with E-state index in [4.69, 9.17) is 11.6 Å². The van der Waals surface area contributed by atoms with Gasteiger partial charge in [-0.25, -0.2) is 0 Å². The molecule has 1 N–H and O–H groups in total. The molecular weight excluding hydrogens is 446 g/mol. The van der Waals surface area contributed by atoms with Gasteiger partial charge >= 0.3 is 0 Å². The number of halogens is 1. The largest absolute Gasteiger partial charge is 0.355 e. The Hall–Kier alpha value is -2.42. The van der Waals surface area contributed by atoms with E-state index in [1.165, 1.54) is 18.7 Å². The highest BCUT2D eigenvalue weighted by Crippen LogP contribution is 2.31. The summed E-state index contributed by atoms with van der Waals surface area (Å²) < 4.78 is 1.96. The fourth-order valence-corrected chi connectivity index (χ4v) is 4.69. The second kappa shape index (κ2) is 9.60. The number of hydrogen-bond acceptors (Lipinski definition) is 6. The van der Waals surface area contributed by atoms with E-state index in [9.17, 15) is 9.59 Å². The van der Waals surface area contributed by atoms with Gasteiger partial charge in [-0.2, -0.15) is 0 Å². The fraction of sp³-hybridized carbons (Fsp3) is 0.391. The smallest absolute Gasteiger partial charge is 0.196 e. The maximum atomic E-state index is 13.3. The number of Topliss-reactive ketones (excluding diaryl/α,β-unsaturated/α-hetero) is 2. The molecular formula is C23H28ClN5O2S. The van der Waals surface area contributed by atoms with Crippen LogP contribution in [0.15, 0.2) is 29.4 Å². The van der Waals surface area contributed by atoms with Crippen LogP contribution in [0.3, 0.4) is 0 Å². The van der Waals surface area contributed by atoms with Crippen molar-refractivity contribution in [1.29, 1.82) is 0 Å². The molecule has 0 bridgehead atoms. The number of hydrogen-bond donors (Lipinski definition) is 1. The van der Waals surface area contributed by atoms with Crippen LogP contribution in [-0.2, 0) is 0 Å². The standard InChI is InChI=1S/C23H28ClN5O2S/c1-12-19(15(4)30)13(2)25-20(12)21(31)16(5)32-23-27-26-22(14(3)28(6)7)29(23)18-10-8-17(24)9-11-18/h8-11,14,16,25H,1-7H3/t14-,16+/m1/s1. The Labute approximate surface area is 197 Å². The number of H-pyrrole nitrogens is 1. The Kier molecular flexibility index (Phi) is 7.27. The Morgan fingerprint density at radius 3 is 2.28 bits per heavy atom. The third kappa shape index (κ3) is 4.67. The predicted molar refractivity (Wildman–Crippen MR) is 128 cm³/mol. The summed E-state index contributed by atoms with van der Waals surface area (Å²) in [5.74, 6) is 0.626. The third-order valence-corrected chi connectivity index (χ3v) is 6.87. The van der Waals surface area contributed by atoms with Gasteiger partial charge < -0.3 is 4.98 Å². The van der Waals surface area contributed by atoms with Crippen molar-refractivity contribution < 1.29 is 9.59 Å². The van der Waals surface area contributed by atoms with E-state index in [0.717, 1.165) is 11.5 Å². The van der Waals surface area contributed by atoms with Crippen LogP contribution in [0.5, 0.6) is 0 Å². The van der Waals surface area contributed by atoms with Gasteiger partial charge in [0.15, 0.2) is 22.5 Å². The number of aromatic amines is 1. The number of rotatable bonds is 8. The highest BCUT2D eigenvalue weighted by molar-refractivity contribution is 8.00. The van der Waals surface area contributed by atoms with Gasteiger partial charge in [0.05, 0.1) is 17.0 Å². The van der Waals surface area contributed by atoms with E-state index in [-0.39, 0.29) is 17.6 Å². The lowest BCUT2D eigenvalue weighted by Crippen LogP contribution is -2.21. The maximum Gasteiger partial charge on any atom is 0.196 e. The highest BCUT2D eigenvalue weighted by atomic mass is 35.5. The van der Waals surface area contributed by atoms with Crippen molar-refractivity contribution in [3.8, 4) is 5.69 Å². The molecule has 3 aromatic rings. The molecule has 1 aromatic carbocycles. The number of thioether (sulfide) groups is 1. The second-order valence-corrected chi connectivity index (χ2v) is 9.84. The van der Waals surface area contributed by atoms with Gasteiger partial charge in [-0.3, -0.25) is 19.1 Å². The number of carbonyl (C=O) groups excluding carboxylic acids is 2. The minimum Gasteiger partial charge on any atom is -0.355 e. The number of aromatic nitrogens is 4. The van der Waals surface area contributed by atoms with Crippen LogP contribution in [0.25, 0.3) is 5.69 Å². The molecule has 2 aromatic heterocycles. The molecule has 32 heavy (non-hydrogen) atoms. The number of nitrogens with zero attached hydrogens (tertiary/aromatic N) is 4. The number of nitrogens with one attached hydrogen (secondary N) is 1.